The zero-order valence-corrected chi connectivity index (χ0v) is 15.2. The first-order valence-electron chi connectivity index (χ1n) is 8.93. The van der Waals surface area contributed by atoms with E-state index in [0.717, 1.165) is 37.5 Å². The van der Waals surface area contributed by atoms with Gasteiger partial charge in [0.1, 0.15) is 5.82 Å². The summed E-state index contributed by atoms with van der Waals surface area (Å²) in [5.74, 6) is 0.464. The molecule has 4 nitrogen and oxygen atoms in total. The molecule has 1 N–H and O–H groups in total. The van der Waals surface area contributed by atoms with Crippen LogP contribution in [0.5, 0.6) is 0 Å². The van der Waals surface area contributed by atoms with Gasteiger partial charge in [0.25, 0.3) is 0 Å². The molecule has 1 aliphatic carbocycles. The smallest absolute Gasteiger partial charge is 0.123 e. The van der Waals surface area contributed by atoms with Gasteiger partial charge in [-0.05, 0) is 42.0 Å². The zero-order valence-electron chi connectivity index (χ0n) is 15.2. The number of H-pyrrole nitrogens is 1. The van der Waals surface area contributed by atoms with Gasteiger partial charge in [-0.25, -0.2) is 4.39 Å². The van der Waals surface area contributed by atoms with Crippen molar-refractivity contribution in [1.82, 2.24) is 15.1 Å². The lowest BCUT2D eigenvalue weighted by molar-refractivity contribution is -0.107. The van der Waals surface area contributed by atoms with E-state index in [9.17, 15) is 4.39 Å². The van der Waals surface area contributed by atoms with Crippen LogP contribution in [0.15, 0.2) is 30.5 Å². The maximum absolute atomic E-state index is 13.2. The van der Waals surface area contributed by atoms with Gasteiger partial charge in [0, 0.05) is 43.3 Å². The van der Waals surface area contributed by atoms with Gasteiger partial charge in [-0.15, -0.1) is 0 Å². The molecule has 1 saturated carbocycles. The van der Waals surface area contributed by atoms with E-state index in [1.807, 2.05) is 13.3 Å². The van der Waals surface area contributed by atoms with Crippen molar-refractivity contribution in [2.75, 3.05) is 26.8 Å². The molecule has 2 aromatic rings. The molecule has 25 heavy (non-hydrogen) atoms. The maximum Gasteiger partial charge on any atom is 0.123 e. The number of hydrogen-bond donors (Lipinski definition) is 1. The van der Waals surface area contributed by atoms with Crippen LogP contribution in [0.1, 0.15) is 25.8 Å². The highest BCUT2D eigenvalue weighted by Gasteiger charge is 2.62. The fourth-order valence-corrected chi connectivity index (χ4v) is 5.37. The molecule has 1 aromatic heterocycles. The van der Waals surface area contributed by atoms with Gasteiger partial charge < -0.3 is 4.74 Å². The van der Waals surface area contributed by atoms with Crippen LogP contribution in [-0.4, -0.2) is 41.9 Å². The van der Waals surface area contributed by atoms with E-state index >= 15 is 0 Å². The second-order valence-corrected chi connectivity index (χ2v) is 8.46. The van der Waals surface area contributed by atoms with Gasteiger partial charge >= 0.3 is 0 Å². The maximum atomic E-state index is 13.2. The van der Waals surface area contributed by atoms with Crippen molar-refractivity contribution >= 4 is 0 Å². The van der Waals surface area contributed by atoms with E-state index in [1.165, 1.54) is 24.1 Å². The van der Waals surface area contributed by atoms with Crippen LogP contribution in [0.25, 0.3) is 11.3 Å². The Kier molecular flexibility index (Phi) is 3.96. The van der Waals surface area contributed by atoms with Crippen molar-refractivity contribution in [2.24, 2.45) is 16.7 Å². The quantitative estimate of drug-likeness (QED) is 0.900. The number of fused-ring (bicyclic) bond motifs is 1. The molecule has 134 valence electrons. The number of nitrogens with zero attached hydrogens (tertiary/aromatic N) is 2. The second kappa shape index (κ2) is 5.92. The average Bonchev–Trinajstić information content (AvgIpc) is 3.12. The topological polar surface area (TPSA) is 41.1 Å². The molecular weight excluding hydrogens is 317 g/mol. The Labute approximate surface area is 148 Å². The number of likely N-dealkylation sites (tertiary alicyclic amines) is 1. The summed E-state index contributed by atoms with van der Waals surface area (Å²) in [7, 11) is 1.81. The molecule has 0 radical (unpaired) electrons. The average molecular weight is 343 g/mol. The van der Waals surface area contributed by atoms with Crippen molar-refractivity contribution in [3.05, 3.63) is 41.8 Å². The summed E-state index contributed by atoms with van der Waals surface area (Å²) in [4.78, 5) is 2.52. The first kappa shape index (κ1) is 16.7. The van der Waals surface area contributed by atoms with Gasteiger partial charge in [0.05, 0.1) is 18.5 Å². The molecule has 1 aliphatic heterocycles. The zero-order chi connectivity index (χ0) is 17.7. The SMILES string of the molecule is COC[C@@]12CN(Cc3cn[nH]c3-c3ccc(F)cc3)C[C@@H]1C(C)(C)C2. The van der Waals surface area contributed by atoms with E-state index < -0.39 is 0 Å². The summed E-state index contributed by atoms with van der Waals surface area (Å²) < 4.78 is 18.7. The number of benzene rings is 1. The third-order valence-corrected chi connectivity index (χ3v) is 6.15. The minimum atomic E-state index is -0.218. The van der Waals surface area contributed by atoms with Crippen molar-refractivity contribution in [3.63, 3.8) is 0 Å². The molecule has 2 aliphatic rings. The first-order chi connectivity index (χ1) is 11.9. The van der Waals surface area contributed by atoms with Gasteiger partial charge in [0.2, 0.25) is 0 Å². The predicted octanol–water partition coefficient (Wildman–Crippen LogP) is 3.71. The standard InChI is InChI=1S/C20H26FN3O/c1-19(2)11-20(13-25-3)12-24(10-17(19)20)9-15-8-22-23-18(15)14-4-6-16(21)7-5-14/h4-8,17H,9-13H2,1-3H3,(H,22,23)/t17-,20-/m1/s1. The number of rotatable bonds is 5. The highest BCUT2D eigenvalue weighted by Crippen LogP contribution is 2.62. The summed E-state index contributed by atoms with van der Waals surface area (Å²) in [6, 6.07) is 6.59. The van der Waals surface area contributed by atoms with Crippen molar-refractivity contribution in [3.8, 4) is 11.3 Å². The molecule has 4 rings (SSSR count). The Morgan fingerprint density at radius 1 is 1.32 bits per heavy atom. The fraction of sp³-hybridized carbons (Fsp3) is 0.550. The normalized spacial score (nSPS) is 27.9. The van der Waals surface area contributed by atoms with Crippen molar-refractivity contribution in [1.29, 1.82) is 0 Å². The number of aromatic amines is 1. The third-order valence-electron chi connectivity index (χ3n) is 6.15. The van der Waals surface area contributed by atoms with Crippen LogP contribution in [0.3, 0.4) is 0 Å². The third kappa shape index (κ3) is 2.79. The highest BCUT2D eigenvalue weighted by molar-refractivity contribution is 5.62. The lowest BCUT2D eigenvalue weighted by atomic mass is 9.48. The molecular formula is C20H26FN3O. The van der Waals surface area contributed by atoms with Crippen LogP contribution >= 0.6 is 0 Å². The summed E-state index contributed by atoms with van der Waals surface area (Å²) in [5.41, 5.74) is 3.82. The molecule has 5 heteroatoms. The Hall–Kier alpha value is -1.72. The van der Waals surface area contributed by atoms with E-state index in [4.69, 9.17) is 4.74 Å². The van der Waals surface area contributed by atoms with Gasteiger partial charge in [-0.3, -0.25) is 10.00 Å². The van der Waals surface area contributed by atoms with E-state index in [-0.39, 0.29) is 5.82 Å². The minimum absolute atomic E-state index is 0.218. The van der Waals surface area contributed by atoms with Crippen molar-refractivity contribution < 1.29 is 9.13 Å². The highest BCUT2D eigenvalue weighted by atomic mass is 19.1. The Bertz CT molecular complexity index is 755. The summed E-state index contributed by atoms with van der Waals surface area (Å²) in [6.07, 6.45) is 3.12. The van der Waals surface area contributed by atoms with E-state index in [1.54, 1.807) is 12.1 Å². The monoisotopic (exact) mass is 343 g/mol. The number of hydrogen-bond acceptors (Lipinski definition) is 3. The van der Waals surface area contributed by atoms with Crippen LogP contribution in [0.2, 0.25) is 0 Å². The van der Waals surface area contributed by atoms with E-state index in [0.29, 0.717) is 16.7 Å². The van der Waals surface area contributed by atoms with Crippen LogP contribution in [0.4, 0.5) is 4.39 Å². The van der Waals surface area contributed by atoms with Crippen LogP contribution in [0, 0.1) is 22.6 Å². The van der Waals surface area contributed by atoms with Gasteiger partial charge in [-0.2, -0.15) is 5.10 Å². The largest absolute Gasteiger partial charge is 0.384 e. The van der Waals surface area contributed by atoms with Gasteiger partial charge in [-0.1, -0.05) is 13.8 Å². The Morgan fingerprint density at radius 2 is 2.08 bits per heavy atom. The van der Waals surface area contributed by atoms with Crippen molar-refractivity contribution in [2.45, 2.75) is 26.8 Å². The molecule has 1 saturated heterocycles. The molecule has 0 unspecified atom stereocenters. The second-order valence-electron chi connectivity index (χ2n) is 8.46. The number of nitrogens with one attached hydrogen (secondary N) is 1. The number of methoxy groups -OCH3 is 1. The molecule has 0 amide bonds. The lowest BCUT2D eigenvalue weighted by Crippen LogP contribution is -2.55. The molecule has 1 aromatic carbocycles. The summed E-state index contributed by atoms with van der Waals surface area (Å²) >= 11 is 0. The Morgan fingerprint density at radius 3 is 2.76 bits per heavy atom. The first-order valence-corrected chi connectivity index (χ1v) is 8.93. The molecule has 2 heterocycles. The summed E-state index contributed by atoms with van der Waals surface area (Å²) in [5, 5.41) is 7.31. The number of ether oxygens (including phenoxy) is 1. The fourth-order valence-electron chi connectivity index (χ4n) is 5.37. The lowest BCUT2D eigenvalue weighted by Gasteiger charge is -2.56. The molecule has 0 bridgehead atoms. The van der Waals surface area contributed by atoms with Crippen LogP contribution < -0.4 is 0 Å². The molecule has 2 fully saturated rings. The van der Waals surface area contributed by atoms with E-state index in [2.05, 4.69) is 28.9 Å². The predicted molar refractivity (Wildman–Crippen MR) is 95.5 cm³/mol. The van der Waals surface area contributed by atoms with Crippen LogP contribution in [-0.2, 0) is 11.3 Å². The number of halogens is 1. The molecule has 0 spiro atoms. The van der Waals surface area contributed by atoms with Gasteiger partial charge in [0.15, 0.2) is 0 Å². The summed E-state index contributed by atoms with van der Waals surface area (Å²) in [6.45, 7) is 8.62. The number of aromatic nitrogens is 2. The Balaban J connectivity index is 1.53. The molecule has 2 atom stereocenters. The minimum Gasteiger partial charge on any atom is -0.384 e.